The summed E-state index contributed by atoms with van der Waals surface area (Å²) in [4.78, 5) is 14.9. The molecule has 3 nitrogen and oxygen atoms in total. The summed E-state index contributed by atoms with van der Waals surface area (Å²) in [7, 11) is 0. The lowest BCUT2D eigenvalue weighted by Crippen LogP contribution is -2.27. The highest BCUT2D eigenvalue weighted by atomic mass is 32.2. The molecule has 0 saturated carbocycles. The van der Waals surface area contributed by atoms with E-state index in [4.69, 9.17) is 12.2 Å². The molecule has 0 spiro atoms. The van der Waals surface area contributed by atoms with E-state index in [-0.39, 0.29) is 5.91 Å². The Morgan fingerprint density at radius 3 is 2.59 bits per heavy atom. The topological polar surface area (TPSA) is 25.2 Å². The van der Waals surface area contributed by atoms with E-state index < -0.39 is 0 Å². The SMILES string of the molecule is C=CCN1C(=O)/C(=C\c2cn(Cc3ccccc3)c3ccccc23)SC1=S. The first-order valence-electron chi connectivity index (χ1n) is 8.65. The molecule has 2 heterocycles. The van der Waals surface area contributed by atoms with Gasteiger partial charge in [-0.15, -0.1) is 6.58 Å². The number of benzene rings is 2. The summed E-state index contributed by atoms with van der Waals surface area (Å²) < 4.78 is 2.81. The van der Waals surface area contributed by atoms with Crippen LogP contribution in [0.3, 0.4) is 0 Å². The minimum atomic E-state index is -0.0511. The van der Waals surface area contributed by atoms with Crippen molar-refractivity contribution >= 4 is 51.2 Å². The van der Waals surface area contributed by atoms with E-state index in [9.17, 15) is 4.79 Å². The quantitative estimate of drug-likeness (QED) is 0.345. The van der Waals surface area contributed by atoms with Gasteiger partial charge in [0.15, 0.2) is 0 Å². The zero-order valence-corrected chi connectivity index (χ0v) is 16.3. The first kappa shape index (κ1) is 17.8. The molecule has 1 saturated heterocycles. The Kier molecular flexibility index (Phi) is 4.97. The Labute approximate surface area is 168 Å². The summed E-state index contributed by atoms with van der Waals surface area (Å²) >= 11 is 6.69. The van der Waals surface area contributed by atoms with E-state index in [1.807, 2.05) is 36.4 Å². The van der Waals surface area contributed by atoms with Crippen LogP contribution in [-0.4, -0.2) is 26.2 Å². The molecule has 0 unspecified atom stereocenters. The second-order valence-electron chi connectivity index (χ2n) is 6.30. The molecule has 134 valence electrons. The van der Waals surface area contributed by atoms with Crippen LogP contribution in [0, 0.1) is 0 Å². The third kappa shape index (κ3) is 3.48. The fourth-order valence-electron chi connectivity index (χ4n) is 3.23. The Morgan fingerprint density at radius 1 is 1.07 bits per heavy atom. The molecule has 0 N–H and O–H groups in total. The minimum Gasteiger partial charge on any atom is -0.342 e. The number of aromatic nitrogens is 1. The first-order valence-corrected chi connectivity index (χ1v) is 9.88. The summed E-state index contributed by atoms with van der Waals surface area (Å²) in [6, 6.07) is 18.6. The fraction of sp³-hybridized carbons (Fsp3) is 0.0909. The third-order valence-electron chi connectivity index (χ3n) is 4.49. The Hall–Kier alpha value is -2.63. The van der Waals surface area contributed by atoms with Crippen molar-refractivity contribution in [1.82, 2.24) is 9.47 Å². The molecule has 5 heteroatoms. The highest BCUT2D eigenvalue weighted by Crippen LogP contribution is 2.34. The van der Waals surface area contributed by atoms with E-state index in [1.54, 1.807) is 11.0 Å². The molecular weight excluding hydrogens is 372 g/mol. The summed E-state index contributed by atoms with van der Waals surface area (Å²) in [6.45, 7) is 4.93. The number of nitrogens with zero attached hydrogens (tertiary/aromatic N) is 2. The number of thioether (sulfide) groups is 1. The molecule has 4 rings (SSSR count). The van der Waals surface area contributed by atoms with Crippen LogP contribution in [0.25, 0.3) is 17.0 Å². The van der Waals surface area contributed by atoms with Crippen LogP contribution in [-0.2, 0) is 11.3 Å². The average molecular weight is 391 g/mol. The average Bonchev–Trinajstić information content (AvgIpc) is 3.16. The molecule has 1 amide bonds. The summed E-state index contributed by atoms with van der Waals surface area (Å²) in [5.41, 5.74) is 3.41. The lowest BCUT2D eigenvalue weighted by Gasteiger charge is -2.10. The number of hydrogen-bond acceptors (Lipinski definition) is 3. The van der Waals surface area contributed by atoms with Gasteiger partial charge in [-0.05, 0) is 17.7 Å². The fourth-order valence-corrected chi connectivity index (χ4v) is 4.49. The molecule has 1 aliphatic rings. The van der Waals surface area contributed by atoms with Crippen LogP contribution < -0.4 is 0 Å². The zero-order valence-electron chi connectivity index (χ0n) is 14.7. The highest BCUT2D eigenvalue weighted by molar-refractivity contribution is 8.26. The highest BCUT2D eigenvalue weighted by Gasteiger charge is 2.31. The predicted octanol–water partition coefficient (Wildman–Crippen LogP) is 5.08. The third-order valence-corrected chi connectivity index (χ3v) is 5.86. The number of amides is 1. The summed E-state index contributed by atoms with van der Waals surface area (Å²) in [6.07, 6.45) is 5.75. The largest absolute Gasteiger partial charge is 0.342 e. The van der Waals surface area contributed by atoms with Gasteiger partial charge in [0.1, 0.15) is 4.32 Å². The monoisotopic (exact) mass is 390 g/mol. The first-order chi connectivity index (χ1) is 13.2. The summed E-state index contributed by atoms with van der Waals surface area (Å²) in [5.74, 6) is -0.0511. The molecular formula is C22H18N2OS2. The molecule has 3 aromatic rings. The minimum absolute atomic E-state index is 0.0511. The number of rotatable bonds is 5. The van der Waals surface area contributed by atoms with Crippen molar-refractivity contribution in [3.63, 3.8) is 0 Å². The van der Waals surface area contributed by atoms with Crippen molar-refractivity contribution in [3.05, 3.63) is 89.5 Å². The van der Waals surface area contributed by atoms with Crippen molar-refractivity contribution in [3.8, 4) is 0 Å². The van der Waals surface area contributed by atoms with E-state index in [1.165, 1.54) is 17.3 Å². The van der Waals surface area contributed by atoms with Crippen LogP contribution in [0.15, 0.2) is 78.4 Å². The van der Waals surface area contributed by atoms with Gasteiger partial charge in [0.05, 0.1) is 4.91 Å². The van der Waals surface area contributed by atoms with Gasteiger partial charge in [0.25, 0.3) is 5.91 Å². The van der Waals surface area contributed by atoms with Gasteiger partial charge < -0.3 is 4.57 Å². The predicted molar refractivity (Wildman–Crippen MR) is 118 cm³/mol. The Bertz CT molecular complexity index is 1070. The van der Waals surface area contributed by atoms with Gasteiger partial charge >= 0.3 is 0 Å². The van der Waals surface area contributed by atoms with Crippen LogP contribution in [0.5, 0.6) is 0 Å². The Balaban J connectivity index is 1.74. The lowest BCUT2D eigenvalue weighted by molar-refractivity contribution is -0.121. The molecule has 27 heavy (non-hydrogen) atoms. The standard InChI is InChI=1S/C22H18N2OS2/c1-2-12-24-21(25)20(27-22(24)26)13-17-15-23(14-16-8-4-3-5-9-16)19-11-7-6-10-18(17)19/h2-11,13,15H,1,12,14H2/b20-13+. The van der Waals surface area contributed by atoms with Gasteiger partial charge in [-0.2, -0.15) is 0 Å². The molecule has 1 aromatic heterocycles. The van der Waals surface area contributed by atoms with Crippen molar-refractivity contribution < 1.29 is 4.79 Å². The van der Waals surface area contributed by atoms with Gasteiger partial charge in [-0.3, -0.25) is 9.69 Å². The number of thiocarbonyl (C=S) groups is 1. The van der Waals surface area contributed by atoms with Gasteiger partial charge in [0, 0.05) is 35.8 Å². The molecule has 1 aliphatic heterocycles. The molecule has 0 atom stereocenters. The molecule has 0 bridgehead atoms. The number of carbonyl (C=O) groups is 1. The van der Waals surface area contributed by atoms with E-state index >= 15 is 0 Å². The van der Waals surface area contributed by atoms with Gasteiger partial charge in [-0.25, -0.2) is 0 Å². The number of hydrogen-bond donors (Lipinski definition) is 0. The smallest absolute Gasteiger partial charge is 0.266 e. The molecule has 0 aliphatic carbocycles. The van der Waals surface area contributed by atoms with Crippen molar-refractivity contribution in [1.29, 1.82) is 0 Å². The van der Waals surface area contributed by atoms with Gasteiger partial charge in [-0.1, -0.05) is 78.6 Å². The molecule has 2 aromatic carbocycles. The number of carbonyl (C=O) groups excluding carboxylic acids is 1. The van der Waals surface area contributed by atoms with Gasteiger partial charge in [0.2, 0.25) is 0 Å². The maximum atomic E-state index is 12.6. The van der Waals surface area contributed by atoms with E-state index in [0.29, 0.717) is 15.8 Å². The summed E-state index contributed by atoms with van der Waals surface area (Å²) in [5, 5.41) is 1.13. The van der Waals surface area contributed by atoms with Crippen molar-refractivity contribution in [2.45, 2.75) is 6.54 Å². The van der Waals surface area contributed by atoms with Crippen LogP contribution >= 0.6 is 24.0 Å². The van der Waals surface area contributed by atoms with Crippen molar-refractivity contribution in [2.75, 3.05) is 6.54 Å². The second kappa shape index (κ2) is 7.55. The molecule has 1 fully saturated rings. The van der Waals surface area contributed by atoms with Crippen molar-refractivity contribution in [2.24, 2.45) is 0 Å². The van der Waals surface area contributed by atoms with E-state index in [0.717, 1.165) is 23.0 Å². The lowest BCUT2D eigenvalue weighted by atomic mass is 10.1. The normalized spacial score (nSPS) is 15.9. The molecule has 0 radical (unpaired) electrons. The number of para-hydroxylation sites is 1. The second-order valence-corrected chi connectivity index (χ2v) is 7.97. The van der Waals surface area contributed by atoms with E-state index in [2.05, 4.69) is 41.6 Å². The van der Waals surface area contributed by atoms with Crippen LogP contribution in [0.1, 0.15) is 11.1 Å². The van der Waals surface area contributed by atoms with Crippen LogP contribution in [0.4, 0.5) is 0 Å². The zero-order chi connectivity index (χ0) is 18.8. The van der Waals surface area contributed by atoms with Crippen LogP contribution in [0.2, 0.25) is 0 Å². The maximum Gasteiger partial charge on any atom is 0.266 e. The number of fused-ring (bicyclic) bond motifs is 1. The Morgan fingerprint density at radius 2 is 1.81 bits per heavy atom. The maximum absolute atomic E-state index is 12.6.